The molecule has 16 heavy (non-hydrogen) atoms. The highest BCUT2D eigenvalue weighted by Crippen LogP contribution is 2.41. The Morgan fingerprint density at radius 1 is 1.25 bits per heavy atom. The number of rotatable bonds is 2. The lowest BCUT2D eigenvalue weighted by Crippen LogP contribution is -2.11. The molecule has 0 amide bonds. The number of fused-ring (bicyclic) bond motifs is 1. The Balaban J connectivity index is 1.93. The Morgan fingerprint density at radius 3 is 2.94 bits per heavy atom. The van der Waals surface area contributed by atoms with Crippen molar-refractivity contribution in [3.05, 3.63) is 52.2 Å². The maximum Gasteiger partial charge on any atom is 0.123 e. The van der Waals surface area contributed by atoms with E-state index in [1.807, 2.05) is 41.8 Å². The second-order valence-corrected chi connectivity index (χ2v) is 4.89. The van der Waals surface area contributed by atoms with Gasteiger partial charge in [-0.05, 0) is 17.5 Å². The lowest BCUT2D eigenvalue weighted by atomic mass is 9.94. The Bertz CT molecular complexity index is 478. The molecule has 0 saturated heterocycles. The second-order valence-electron chi connectivity index (χ2n) is 3.92. The largest absolute Gasteiger partial charge is 0.493 e. The zero-order valence-corrected chi connectivity index (χ0v) is 9.48. The van der Waals surface area contributed by atoms with Crippen molar-refractivity contribution in [1.82, 2.24) is 0 Å². The van der Waals surface area contributed by atoms with E-state index in [0.717, 1.165) is 16.2 Å². The van der Waals surface area contributed by atoms with Gasteiger partial charge in [0.1, 0.15) is 5.75 Å². The smallest absolute Gasteiger partial charge is 0.123 e. The van der Waals surface area contributed by atoms with Crippen molar-refractivity contribution in [2.75, 3.05) is 6.61 Å². The molecule has 1 aliphatic heterocycles. The standard InChI is InChI=1S/C13H12O2S/c14-13(12-6-3-7-16-12)10-8-15-11-5-2-1-4-9(10)11/h1-7,10,13-14H,8H2. The van der Waals surface area contributed by atoms with Gasteiger partial charge in [-0.1, -0.05) is 24.3 Å². The molecule has 1 N–H and O–H groups in total. The number of benzene rings is 1. The number of para-hydroxylation sites is 1. The van der Waals surface area contributed by atoms with Gasteiger partial charge in [0.05, 0.1) is 18.6 Å². The van der Waals surface area contributed by atoms with E-state index in [1.54, 1.807) is 11.3 Å². The molecule has 2 atom stereocenters. The van der Waals surface area contributed by atoms with Crippen LogP contribution in [-0.4, -0.2) is 11.7 Å². The van der Waals surface area contributed by atoms with E-state index < -0.39 is 6.10 Å². The van der Waals surface area contributed by atoms with Crippen LogP contribution in [0.5, 0.6) is 5.75 Å². The van der Waals surface area contributed by atoms with Crippen molar-refractivity contribution in [2.45, 2.75) is 12.0 Å². The molecule has 0 fully saturated rings. The summed E-state index contributed by atoms with van der Waals surface area (Å²) in [5, 5.41) is 12.3. The number of aliphatic hydroxyl groups is 1. The SMILES string of the molecule is OC(c1cccs1)C1COc2ccccc21. The molecule has 2 heterocycles. The van der Waals surface area contributed by atoms with Crippen LogP contribution in [0.4, 0.5) is 0 Å². The summed E-state index contributed by atoms with van der Waals surface area (Å²) in [5.74, 6) is 0.970. The highest BCUT2D eigenvalue weighted by molar-refractivity contribution is 7.10. The molecule has 1 aliphatic rings. The molecule has 0 saturated carbocycles. The second kappa shape index (κ2) is 3.92. The first-order chi connectivity index (χ1) is 7.86. The molecule has 1 aromatic carbocycles. The zero-order valence-electron chi connectivity index (χ0n) is 8.67. The van der Waals surface area contributed by atoms with Crippen molar-refractivity contribution in [3.63, 3.8) is 0 Å². The van der Waals surface area contributed by atoms with E-state index in [1.165, 1.54) is 0 Å². The normalized spacial score (nSPS) is 20.2. The predicted molar refractivity (Wildman–Crippen MR) is 64.0 cm³/mol. The highest BCUT2D eigenvalue weighted by Gasteiger charge is 2.31. The molecule has 0 spiro atoms. The topological polar surface area (TPSA) is 29.5 Å². The Hall–Kier alpha value is -1.32. The number of ether oxygens (including phenoxy) is 1. The summed E-state index contributed by atoms with van der Waals surface area (Å²) >= 11 is 1.59. The number of thiophene rings is 1. The van der Waals surface area contributed by atoms with Crippen LogP contribution in [0, 0.1) is 0 Å². The van der Waals surface area contributed by atoms with Gasteiger partial charge in [0.25, 0.3) is 0 Å². The van der Waals surface area contributed by atoms with Crippen LogP contribution in [0.2, 0.25) is 0 Å². The van der Waals surface area contributed by atoms with E-state index in [0.29, 0.717) is 6.61 Å². The summed E-state index contributed by atoms with van der Waals surface area (Å²) in [6.07, 6.45) is -0.455. The Morgan fingerprint density at radius 2 is 2.12 bits per heavy atom. The molecule has 0 aliphatic carbocycles. The molecule has 82 valence electrons. The van der Waals surface area contributed by atoms with Crippen molar-refractivity contribution >= 4 is 11.3 Å². The molecule has 2 unspecified atom stereocenters. The van der Waals surface area contributed by atoms with Crippen LogP contribution in [0.25, 0.3) is 0 Å². The monoisotopic (exact) mass is 232 g/mol. The summed E-state index contributed by atoms with van der Waals surface area (Å²) in [6, 6.07) is 11.9. The Kier molecular flexibility index (Phi) is 2.42. The molecule has 1 aromatic heterocycles. The van der Waals surface area contributed by atoms with Crippen molar-refractivity contribution in [2.24, 2.45) is 0 Å². The first kappa shape index (κ1) is 9.87. The summed E-state index contributed by atoms with van der Waals surface area (Å²) in [5.41, 5.74) is 1.11. The third kappa shape index (κ3) is 1.52. The fourth-order valence-electron chi connectivity index (χ4n) is 2.11. The van der Waals surface area contributed by atoms with Gasteiger partial charge in [-0.2, -0.15) is 0 Å². The number of aliphatic hydroxyl groups excluding tert-OH is 1. The highest BCUT2D eigenvalue weighted by atomic mass is 32.1. The van der Waals surface area contributed by atoms with Crippen molar-refractivity contribution < 1.29 is 9.84 Å². The molecular formula is C13H12O2S. The minimum atomic E-state index is -0.455. The summed E-state index contributed by atoms with van der Waals surface area (Å²) in [6.45, 7) is 0.568. The molecule has 0 radical (unpaired) electrons. The zero-order chi connectivity index (χ0) is 11.0. The maximum absolute atomic E-state index is 10.3. The number of hydrogen-bond acceptors (Lipinski definition) is 3. The lowest BCUT2D eigenvalue weighted by Gasteiger charge is -2.15. The molecule has 2 aromatic rings. The molecule has 0 bridgehead atoms. The van der Waals surface area contributed by atoms with E-state index in [-0.39, 0.29) is 5.92 Å². The minimum Gasteiger partial charge on any atom is -0.493 e. The molecular weight excluding hydrogens is 220 g/mol. The van der Waals surface area contributed by atoms with Crippen LogP contribution in [0.15, 0.2) is 41.8 Å². The van der Waals surface area contributed by atoms with Gasteiger partial charge in [-0.25, -0.2) is 0 Å². The van der Waals surface area contributed by atoms with Crippen molar-refractivity contribution in [1.29, 1.82) is 0 Å². The minimum absolute atomic E-state index is 0.0647. The maximum atomic E-state index is 10.3. The van der Waals surface area contributed by atoms with Crippen molar-refractivity contribution in [3.8, 4) is 5.75 Å². The summed E-state index contributed by atoms with van der Waals surface area (Å²) < 4.78 is 5.57. The predicted octanol–water partition coefficient (Wildman–Crippen LogP) is 2.96. The van der Waals surface area contributed by atoms with E-state index in [9.17, 15) is 5.11 Å². The summed E-state index contributed by atoms with van der Waals surface area (Å²) in [7, 11) is 0. The lowest BCUT2D eigenvalue weighted by molar-refractivity contribution is 0.133. The van der Waals surface area contributed by atoms with E-state index >= 15 is 0 Å². The van der Waals surface area contributed by atoms with Gasteiger partial charge in [-0.15, -0.1) is 11.3 Å². The van der Waals surface area contributed by atoms with Crippen LogP contribution in [0.3, 0.4) is 0 Å². The summed E-state index contributed by atoms with van der Waals surface area (Å²) in [4.78, 5) is 1.00. The van der Waals surface area contributed by atoms with Crippen LogP contribution in [0.1, 0.15) is 22.5 Å². The molecule has 3 rings (SSSR count). The fraction of sp³-hybridized carbons (Fsp3) is 0.231. The average molecular weight is 232 g/mol. The van der Waals surface area contributed by atoms with Gasteiger partial charge in [0.15, 0.2) is 0 Å². The van der Waals surface area contributed by atoms with Gasteiger partial charge in [-0.3, -0.25) is 0 Å². The van der Waals surface area contributed by atoms with Gasteiger partial charge in [0, 0.05) is 10.4 Å². The first-order valence-corrected chi connectivity index (χ1v) is 6.17. The van der Waals surface area contributed by atoms with Crippen LogP contribution in [-0.2, 0) is 0 Å². The third-order valence-electron chi connectivity index (χ3n) is 2.95. The van der Waals surface area contributed by atoms with Gasteiger partial charge in [0.2, 0.25) is 0 Å². The third-order valence-corrected chi connectivity index (χ3v) is 3.90. The molecule has 3 heteroatoms. The van der Waals surface area contributed by atoms with E-state index in [2.05, 4.69) is 0 Å². The quantitative estimate of drug-likeness (QED) is 0.862. The average Bonchev–Trinajstić information content (AvgIpc) is 2.98. The number of hydrogen-bond donors (Lipinski definition) is 1. The Labute approximate surface area is 98.1 Å². The van der Waals surface area contributed by atoms with E-state index in [4.69, 9.17) is 4.74 Å². The van der Waals surface area contributed by atoms with Gasteiger partial charge < -0.3 is 9.84 Å². The van der Waals surface area contributed by atoms with Crippen LogP contribution < -0.4 is 4.74 Å². The van der Waals surface area contributed by atoms with Crippen LogP contribution >= 0.6 is 11.3 Å². The fourth-order valence-corrected chi connectivity index (χ4v) is 2.88. The van der Waals surface area contributed by atoms with Gasteiger partial charge >= 0.3 is 0 Å². The first-order valence-electron chi connectivity index (χ1n) is 5.29. The molecule has 2 nitrogen and oxygen atoms in total.